The van der Waals surface area contributed by atoms with Crippen molar-refractivity contribution in [1.29, 1.82) is 0 Å². The summed E-state index contributed by atoms with van der Waals surface area (Å²) in [6, 6.07) is 3.33. The number of amides is 1. The first-order valence-electron chi connectivity index (χ1n) is 16.6. The van der Waals surface area contributed by atoms with Crippen LogP contribution in [0.3, 0.4) is 0 Å². The van der Waals surface area contributed by atoms with E-state index in [4.69, 9.17) is 30.5 Å². The van der Waals surface area contributed by atoms with Gasteiger partial charge in [0.15, 0.2) is 5.82 Å². The third-order valence-corrected chi connectivity index (χ3v) is 6.86. The largest absolute Gasteiger partial charge is 0.471 e. The second-order valence-electron chi connectivity index (χ2n) is 9.26. The molecule has 1 aromatic carbocycles. The van der Waals surface area contributed by atoms with Crippen LogP contribution in [0, 0.1) is 11.6 Å². The maximum Gasteiger partial charge on any atom is 0.251 e. The van der Waals surface area contributed by atoms with Crippen molar-refractivity contribution in [2.24, 2.45) is 4.99 Å². The zero-order chi connectivity index (χ0) is 36.9. The van der Waals surface area contributed by atoms with Crippen molar-refractivity contribution in [1.82, 2.24) is 19.9 Å². The summed E-state index contributed by atoms with van der Waals surface area (Å²) in [5.41, 5.74) is -0.199. The number of aromatic nitrogens is 3. The third kappa shape index (κ3) is 12.3. The van der Waals surface area contributed by atoms with E-state index in [0.29, 0.717) is 12.2 Å². The fourth-order valence-corrected chi connectivity index (χ4v) is 4.67. The molecule has 4 heterocycles. The second-order valence-corrected chi connectivity index (χ2v) is 9.66. The summed E-state index contributed by atoms with van der Waals surface area (Å²) >= 11 is 6.31. The van der Waals surface area contributed by atoms with Crippen molar-refractivity contribution in [3.8, 4) is 5.88 Å². The Balaban J connectivity index is 0.00000140. The molecule has 15 heteroatoms. The number of hydrogen-bond donors (Lipinski definition) is 3. The van der Waals surface area contributed by atoms with E-state index in [1.54, 1.807) is 23.3 Å². The Morgan fingerprint density at radius 1 is 1.08 bits per heavy atom. The predicted molar refractivity (Wildman–Crippen MR) is 188 cm³/mol. The first kappa shape index (κ1) is 43.3. The monoisotopic (exact) mass is 712 g/mol. The molecule has 0 radical (unpaired) electrons. The predicted octanol–water partition coefficient (Wildman–Crippen LogP) is 6.57. The van der Waals surface area contributed by atoms with Gasteiger partial charge in [0.05, 0.1) is 30.8 Å². The Morgan fingerprint density at radius 2 is 1.73 bits per heavy atom. The van der Waals surface area contributed by atoms with Crippen molar-refractivity contribution in [2.75, 3.05) is 31.8 Å². The smallest absolute Gasteiger partial charge is 0.251 e. The fraction of sp³-hybridized carbons (Fsp3) is 0.529. The number of halogens is 3. The molecule has 0 bridgehead atoms. The number of ether oxygens (including phenoxy) is 4. The molecule has 4 atom stereocenters. The topological polar surface area (TPSA) is 141 Å². The first-order chi connectivity index (χ1) is 23.8. The van der Waals surface area contributed by atoms with E-state index in [-0.39, 0.29) is 61.0 Å². The number of nitrogens with one attached hydrogen (secondary N) is 2. The number of anilines is 1. The molecule has 2 saturated heterocycles. The average Bonchev–Trinajstić information content (AvgIpc) is 3.89. The number of imidazole rings is 1. The van der Waals surface area contributed by atoms with Gasteiger partial charge in [-0.25, -0.2) is 18.8 Å². The van der Waals surface area contributed by atoms with Crippen LogP contribution in [-0.4, -0.2) is 83.2 Å². The Hall–Kier alpha value is -3.69. The number of aliphatic hydroxyl groups excluding tert-OH is 1. The number of aliphatic hydroxyl groups is 1. The lowest BCUT2D eigenvalue weighted by molar-refractivity contribution is -0.0311. The lowest BCUT2D eigenvalue weighted by atomic mass is 10.1. The summed E-state index contributed by atoms with van der Waals surface area (Å²) in [6.07, 6.45) is 3.09. The number of nitrogens with zero attached hydrogens (tertiary/aromatic N) is 4. The summed E-state index contributed by atoms with van der Waals surface area (Å²) < 4.78 is 53.6. The van der Waals surface area contributed by atoms with Gasteiger partial charge in [-0.15, -0.1) is 0 Å². The molecule has 3 aromatic rings. The molecule has 0 saturated carbocycles. The Morgan fingerprint density at radius 3 is 2.35 bits per heavy atom. The van der Waals surface area contributed by atoms with Crippen LogP contribution in [0.4, 0.5) is 20.3 Å². The Kier molecular flexibility index (Phi) is 20.9. The molecule has 274 valence electrons. The summed E-state index contributed by atoms with van der Waals surface area (Å²) in [5, 5.41) is 15.5. The van der Waals surface area contributed by atoms with E-state index in [0.717, 1.165) is 12.1 Å². The van der Waals surface area contributed by atoms with E-state index in [1.807, 2.05) is 55.4 Å². The minimum absolute atomic E-state index is 0.0251. The number of carbonyl (C=O) groups is 1. The second kappa shape index (κ2) is 23.6. The van der Waals surface area contributed by atoms with Crippen LogP contribution < -0.4 is 15.4 Å². The summed E-state index contributed by atoms with van der Waals surface area (Å²) in [7, 11) is 0. The summed E-state index contributed by atoms with van der Waals surface area (Å²) in [6.45, 7) is 20.1. The molecule has 2 aliphatic rings. The van der Waals surface area contributed by atoms with Crippen LogP contribution in [0.1, 0.15) is 71.3 Å². The minimum Gasteiger partial charge on any atom is -0.471 e. The summed E-state index contributed by atoms with van der Waals surface area (Å²) in [4.78, 5) is 24.3. The van der Waals surface area contributed by atoms with Gasteiger partial charge in [0.25, 0.3) is 5.91 Å². The number of aliphatic imine (C=N–C) groups is 1. The highest BCUT2D eigenvalue weighted by Gasteiger charge is 2.47. The molecule has 1 amide bonds. The Labute approximate surface area is 293 Å². The molecular formula is C34H51ClF2N6O6. The van der Waals surface area contributed by atoms with Gasteiger partial charge in [-0.05, 0) is 24.9 Å². The molecule has 1 unspecified atom stereocenters. The van der Waals surface area contributed by atoms with E-state index >= 15 is 0 Å². The van der Waals surface area contributed by atoms with E-state index in [1.165, 1.54) is 6.07 Å². The lowest BCUT2D eigenvalue weighted by Crippen LogP contribution is -2.33. The number of benzene rings is 1. The molecule has 2 fully saturated rings. The molecule has 12 nitrogen and oxygen atoms in total. The number of hydrogen-bond acceptors (Lipinski definition) is 10. The lowest BCUT2D eigenvalue weighted by Gasteiger charge is -2.18. The summed E-state index contributed by atoms with van der Waals surface area (Å²) in [5.74, 6) is -2.56. The molecule has 2 aromatic heterocycles. The molecule has 3 N–H and O–H groups in total. The van der Waals surface area contributed by atoms with Crippen LogP contribution >= 0.6 is 11.6 Å². The van der Waals surface area contributed by atoms with Gasteiger partial charge in [0, 0.05) is 31.0 Å². The van der Waals surface area contributed by atoms with Gasteiger partial charge in [0.1, 0.15) is 54.4 Å². The highest BCUT2D eigenvalue weighted by atomic mass is 35.5. The quantitative estimate of drug-likeness (QED) is 0.140. The normalized spacial score (nSPS) is 18.4. The van der Waals surface area contributed by atoms with Crippen LogP contribution in [0.5, 0.6) is 5.88 Å². The van der Waals surface area contributed by atoms with Crippen LogP contribution in [0.2, 0.25) is 5.02 Å². The SMILES string of the molecule is C=Nc1nc(OCc2c(F)cc(C(=O)NCCn3ccnc3)cc2F)c(Cl)cc1NCO[C@@H]1COC2[C@H](O)CO[C@@H]21.CC.CC.CC.CC. The molecular weight excluding hydrogens is 662 g/mol. The first-order valence-corrected chi connectivity index (χ1v) is 17.0. The molecule has 0 spiro atoms. The van der Waals surface area contributed by atoms with Crippen molar-refractivity contribution < 1.29 is 37.6 Å². The zero-order valence-electron chi connectivity index (χ0n) is 29.6. The van der Waals surface area contributed by atoms with E-state index < -0.39 is 41.9 Å². The molecule has 5 rings (SSSR count). The van der Waals surface area contributed by atoms with Gasteiger partial charge in [-0.2, -0.15) is 4.98 Å². The van der Waals surface area contributed by atoms with Crippen molar-refractivity contribution in [3.63, 3.8) is 0 Å². The van der Waals surface area contributed by atoms with E-state index in [9.17, 15) is 18.7 Å². The van der Waals surface area contributed by atoms with Crippen LogP contribution in [-0.2, 0) is 27.4 Å². The minimum atomic E-state index is -0.963. The number of rotatable bonds is 12. The standard InChI is InChI=1S/C26H27ClF2N6O6.4C2H6/c1-30-24-19(33-13-41-21-11-39-22-20(36)10-38-23(21)22)8-16(27)26(34-24)40-9-15-17(28)6-14(7-18(15)29)25(37)32-3-5-35-4-2-31-12-35;4*1-2/h2,4,6-8,12,20-23,33,36H,1,3,5,9-11,13H2,(H,32,37);4*1-2H3/t20-,21-,22?,23-;;;;/m1..../s1. The third-order valence-electron chi connectivity index (χ3n) is 6.59. The number of carbonyl (C=O) groups excluding carboxylic acids is 1. The zero-order valence-corrected chi connectivity index (χ0v) is 30.4. The van der Waals surface area contributed by atoms with Gasteiger partial charge in [-0.1, -0.05) is 67.0 Å². The van der Waals surface area contributed by atoms with Crippen LogP contribution in [0.25, 0.3) is 0 Å². The molecule has 49 heavy (non-hydrogen) atoms. The van der Waals surface area contributed by atoms with Gasteiger partial charge in [-0.3, -0.25) is 4.79 Å². The number of pyridine rings is 1. The Bertz CT molecular complexity index is 1380. The maximum absolute atomic E-state index is 14.7. The van der Waals surface area contributed by atoms with Gasteiger partial charge >= 0.3 is 0 Å². The van der Waals surface area contributed by atoms with Crippen molar-refractivity contribution in [3.05, 3.63) is 64.7 Å². The van der Waals surface area contributed by atoms with Gasteiger partial charge in [0.2, 0.25) is 5.88 Å². The molecule has 0 aliphatic carbocycles. The van der Waals surface area contributed by atoms with E-state index in [2.05, 4.69) is 32.3 Å². The molecule has 2 aliphatic heterocycles. The highest BCUT2D eigenvalue weighted by molar-refractivity contribution is 6.32. The fourth-order valence-electron chi connectivity index (χ4n) is 4.46. The highest BCUT2D eigenvalue weighted by Crippen LogP contribution is 2.34. The van der Waals surface area contributed by atoms with Crippen molar-refractivity contribution >= 4 is 35.7 Å². The van der Waals surface area contributed by atoms with Gasteiger partial charge < -0.3 is 39.3 Å². The number of fused-ring (bicyclic) bond motifs is 1. The average molecular weight is 713 g/mol. The van der Waals surface area contributed by atoms with Crippen molar-refractivity contribution in [2.45, 2.75) is 93.0 Å². The maximum atomic E-state index is 14.7. The van der Waals surface area contributed by atoms with Crippen LogP contribution in [0.15, 0.2) is 41.9 Å².